The quantitative estimate of drug-likeness (QED) is 0.675. The van der Waals surface area contributed by atoms with Crippen molar-refractivity contribution in [1.29, 1.82) is 0 Å². The van der Waals surface area contributed by atoms with E-state index in [9.17, 15) is 4.79 Å². The van der Waals surface area contributed by atoms with E-state index in [0.717, 1.165) is 11.4 Å². The third-order valence-electron chi connectivity index (χ3n) is 3.65. The van der Waals surface area contributed by atoms with Gasteiger partial charge in [-0.25, -0.2) is 4.68 Å². The van der Waals surface area contributed by atoms with Crippen LogP contribution in [0, 0.1) is 6.92 Å². The number of amides is 1. The van der Waals surface area contributed by atoms with Crippen molar-refractivity contribution in [2.75, 3.05) is 5.32 Å². The Morgan fingerprint density at radius 3 is 2.58 bits per heavy atom. The van der Waals surface area contributed by atoms with Crippen molar-refractivity contribution in [2.24, 2.45) is 0 Å². The van der Waals surface area contributed by atoms with Crippen LogP contribution in [0.1, 0.15) is 12.6 Å². The van der Waals surface area contributed by atoms with E-state index < -0.39 is 6.10 Å². The minimum Gasteiger partial charge on any atom is -0.479 e. The van der Waals surface area contributed by atoms with Gasteiger partial charge in [-0.15, -0.1) is 0 Å². The monoisotopic (exact) mass is 389 g/mol. The Kier molecular flexibility index (Phi) is 5.49. The van der Waals surface area contributed by atoms with Gasteiger partial charge < -0.3 is 10.1 Å². The summed E-state index contributed by atoms with van der Waals surface area (Å²) in [6.45, 7) is 3.51. The Bertz CT molecular complexity index is 926. The third kappa shape index (κ3) is 4.18. The van der Waals surface area contributed by atoms with Crippen molar-refractivity contribution in [2.45, 2.75) is 20.0 Å². The number of aryl methyl sites for hydroxylation is 1. The van der Waals surface area contributed by atoms with E-state index in [-0.39, 0.29) is 5.91 Å². The lowest BCUT2D eigenvalue weighted by Crippen LogP contribution is -2.31. The number of hydrogen-bond donors (Lipinski definition) is 1. The van der Waals surface area contributed by atoms with Gasteiger partial charge in [0.1, 0.15) is 11.6 Å². The predicted octanol–water partition coefficient (Wildman–Crippen LogP) is 4.89. The number of nitrogens with one attached hydrogen (secondary N) is 1. The number of aromatic nitrogens is 2. The highest BCUT2D eigenvalue weighted by Crippen LogP contribution is 2.28. The molecule has 3 aromatic rings. The van der Waals surface area contributed by atoms with Crippen LogP contribution in [-0.2, 0) is 4.79 Å². The lowest BCUT2D eigenvalue weighted by Gasteiger charge is -2.16. The molecule has 0 saturated heterocycles. The van der Waals surface area contributed by atoms with Crippen molar-refractivity contribution in [1.82, 2.24) is 9.78 Å². The highest BCUT2D eigenvalue weighted by atomic mass is 35.5. The topological polar surface area (TPSA) is 56.1 Å². The van der Waals surface area contributed by atoms with Gasteiger partial charge in [0.05, 0.1) is 16.4 Å². The molecule has 134 valence electrons. The predicted molar refractivity (Wildman–Crippen MR) is 103 cm³/mol. The highest BCUT2D eigenvalue weighted by Gasteiger charge is 2.19. The molecule has 0 aliphatic rings. The molecule has 1 amide bonds. The molecule has 0 spiro atoms. The zero-order valence-electron chi connectivity index (χ0n) is 14.2. The van der Waals surface area contributed by atoms with Crippen LogP contribution < -0.4 is 10.1 Å². The van der Waals surface area contributed by atoms with Gasteiger partial charge in [-0.1, -0.05) is 41.4 Å². The summed E-state index contributed by atoms with van der Waals surface area (Å²) in [5, 5.41) is 8.13. The first kappa shape index (κ1) is 18.3. The van der Waals surface area contributed by atoms with Crippen LogP contribution in [0.5, 0.6) is 5.75 Å². The van der Waals surface area contributed by atoms with Crippen molar-refractivity contribution in [3.8, 4) is 11.4 Å². The molecular formula is C19H17Cl2N3O2. The van der Waals surface area contributed by atoms with Crippen molar-refractivity contribution in [3.63, 3.8) is 0 Å². The number of anilines is 1. The second-order valence-electron chi connectivity index (χ2n) is 5.74. The van der Waals surface area contributed by atoms with Gasteiger partial charge in [-0.3, -0.25) is 4.79 Å². The lowest BCUT2D eigenvalue weighted by atomic mass is 10.3. The standard InChI is InChI=1S/C19H17Cl2N3O2/c1-12-10-18(24(23-12)15-6-4-3-5-7-15)22-19(25)13(2)26-17-9-8-14(20)11-16(17)21/h3-11,13H,1-2H3,(H,22,25)/t13-/m0/s1. The molecule has 0 aliphatic heterocycles. The maximum atomic E-state index is 12.5. The van der Waals surface area contributed by atoms with Gasteiger partial charge in [0.25, 0.3) is 5.91 Å². The fourth-order valence-electron chi connectivity index (χ4n) is 2.40. The largest absolute Gasteiger partial charge is 0.479 e. The average Bonchev–Trinajstić information content (AvgIpc) is 2.98. The molecule has 0 fully saturated rings. The van der Waals surface area contributed by atoms with Gasteiger partial charge >= 0.3 is 0 Å². The lowest BCUT2D eigenvalue weighted by molar-refractivity contribution is -0.122. The van der Waals surface area contributed by atoms with Gasteiger partial charge in [0.2, 0.25) is 0 Å². The summed E-state index contributed by atoms with van der Waals surface area (Å²) in [5.74, 6) is 0.649. The maximum Gasteiger partial charge on any atom is 0.266 e. The first-order chi connectivity index (χ1) is 12.4. The molecule has 2 aromatic carbocycles. The summed E-state index contributed by atoms with van der Waals surface area (Å²) < 4.78 is 7.33. The number of carbonyl (C=O) groups is 1. The fourth-order valence-corrected chi connectivity index (χ4v) is 2.85. The van der Waals surface area contributed by atoms with E-state index in [1.54, 1.807) is 35.9 Å². The average molecular weight is 390 g/mol. The van der Waals surface area contributed by atoms with Gasteiger partial charge in [0, 0.05) is 11.1 Å². The molecule has 0 unspecified atom stereocenters. The van der Waals surface area contributed by atoms with Crippen molar-refractivity contribution < 1.29 is 9.53 Å². The molecule has 3 rings (SSSR count). The molecule has 0 bridgehead atoms. The van der Waals surface area contributed by atoms with E-state index in [4.69, 9.17) is 27.9 Å². The number of benzene rings is 2. The van der Waals surface area contributed by atoms with E-state index in [0.29, 0.717) is 21.6 Å². The smallest absolute Gasteiger partial charge is 0.266 e. The number of ether oxygens (including phenoxy) is 1. The summed E-state index contributed by atoms with van der Waals surface area (Å²) in [6, 6.07) is 16.2. The number of rotatable bonds is 5. The Morgan fingerprint density at radius 2 is 1.88 bits per heavy atom. The van der Waals surface area contributed by atoms with Crippen LogP contribution in [0.3, 0.4) is 0 Å². The van der Waals surface area contributed by atoms with Crippen LogP contribution in [0.4, 0.5) is 5.82 Å². The molecule has 0 radical (unpaired) electrons. The van der Waals surface area contributed by atoms with Crippen LogP contribution in [0.2, 0.25) is 10.0 Å². The Hall–Kier alpha value is -2.50. The summed E-state index contributed by atoms with van der Waals surface area (Å²) in [5.41, 5.74) is 1.64. The molecule has 0 saturated carbocycles. The van der Waals surface area contributed by atoms with Crippen LogP contribution in [0.25, 0.3) is 5.69 Å². The number of carbonyl (C=O) groups excluding carboxylic acids is 1. The summed E-state index contributed by atoms with van der Waals surface area (Å²) in [7, 11) is 0. The van der Waals surface area contributed by atoms with Crippen LogP contribution in [0.15, 0.2) is 54.6 Å². The molecule has 1 aromatic heterocycles. The van der Waals surface area contributed by atoms with Crippen molar-refractivity contribution >= 4 is 34.9 Å². The van der Waals surface area contributed by atoms with E-state index in [1.807, 2.05) is 37.3 Å². The molecule has 1 heterocycles. The SMILES string of the molecule is Cc1cc(NC(=O)[C@H](C)Oc2ccc(Cl)cc2Cl)n(-c2ccccc2)n1. The first-order valence-electron chi connectivity index (χ1n) is 7.98. The summed E-state index contributed by atoms with van der Waals surface area (Å²) >= 11 is 12.0. The summed E-state index contributed by atoms with van der Waals surface area (Å²) in [6.07, 6.45) is -0.756. The Morgan fingerprint density at radius 1 is 1.15 bits per heavy atom. The summed E-state index contributed by atoms with van der Waals surface area (Å²) in [4.78, 5) is 12.5. The van der Waals surface area contributed by atoms with E-state index in [1.165, 1.54) is 0 Å². The first-order valence-corrected chi connectivity index (χ1v) is 8.74. The van der Waals surface area contributed by atoms with Gasteiger partial charge in [-0.05, 0) is 44.2 Å². The van der Waals surface area contributed by atoms with E-state index in [2.05, 4.69) is 10.4 Å². The van der Waals surface area contributed by atoms with Gasteiger partial charge in [0.15, 0.2) is 6.10 Å². The minimum absolute atomic E-state index is 0.312. The zero-order chi connectivity index (χ0) is 18.7. The van der Waals surface area contributed by atoms with Gasteiger partial charge in [-0.2, -0.15) is 5.10 Å². The second kappa shape index (κ2) is 7.81. The second-order valence-corrected chi connectivity index (χ2v) is 6.59. The van der Waals surface area contributed by atoms with E-state index >= 15 is 0 Å². The number of hydrogen-bond acceptors (Lipinski definition) is 3. The Balaban J connectivity index is 1.76. The molecule has 7 heteroatoms. The highest BCUT2D eigenvalue weighted by molar-refractivity contribution is 6.35. The molecule has 0 aliphatic carbocycles. The molecule has 26 heavy (non-hydrogen) atoms. The molecule has 1 atom stereocenters. The van der Waals surface area contributed by atoms with Crippen LogP contribution in [-0.4, -0.2) is 21.8 Å². The minimum atomic E-state index is -0.756. The number of para-hydroxylation sites is 1. The molecular weight excluding hydrogens is 373 g/mol. The number of nitrogens with zero attached hydrogens (tertiary/aromatic N) is 2. The normalized spacial score (nSPS) is 11.8. The Labute approximate surface area is 161 Å². The number of halogens is 2. The molecule has 5 nitrogen and oxygen atoms in total. The van der Waals surface area contributed by atoms with Crippen LogP contribution >= 0.6 is 23.2 Å². The third-order valence-corrected chi connectivity index (χ3v) is 4.18. The fraction of sp³-hybridized carbons (Fsp3) is 0.158. The maximum absolute atomic E-state index is 12.5. The zero-order valence-corrected chi connectivity index (χ0v) is 15.8. The molecule has 1 N–H and O–H groups in total. The van der Waals surface area contributed by atoms with Crippen molar-refractivity contribution in [3.05, 3.63) is 70.3 Å².